The second-order valence-corrected chi connectivity index (χ2v) is 8.95. The van der Waals surface area contributed by atoms with Gasteiger partial charge in [-0.3, -0.25) is 14.6 Å². The number of ether oxygens (including phenoxy) is 1. The molecule has 1 heterocycles. The summed E-state index contributed by atoms with van der Waals surface area (Å²) in [6, 6.07) is 13.5. The summed E-state index contributed by atoms with van der Waals surface area (Å²) in [5, 5.41) is 9.63. The van der Waals surface area contributed by atoms with E-state index in [4.69, 9.17) is 4.74 Å². The van der Waals surface area contributed by atoms with Gasteiger partial charge in [-0.2, -0.15) is 5.10 Å². The molecule has 7 heteroatoms. The fraction of sp³-hybridized carbons (Fsp3) is 0.423. The van der Waals surface area contributed by atoms with E-state index in [1.54, 1.807) is 0 Å². The van der Waals surface area contributed by atoms with Gasteiger partial charge >= 0.3 is 5.97 Å². The lowest BCUT2D eigenvalue weighted by Crippen LogP contribution is -2.41. The molecule has 2 aromatic carbocycles. The number of methoxy groups -OCH3 is 1. The van der Waals surface area contributed by atoms with E-state index in [1.807, 2.05) is 42.6 Å². The molecule has 0 spiro atoms. The van der Waals surface area contributed by atoms with Gasteiger partial charge < -0.3 is 15.0 Å². The Labute approximate surface area is 195 Å². The van der Waals surface area contributed by atoms with Gasteiger partial charge in [0.1, 0.15) is 0 Å². The highest BCUT2D eigenvalue weighted by Gasteiger charge is 2.22. The van der Waals surface area contributed by atoms with E-state index in [-0.39, 0.29) is 17.8 Å². The molecule has 0 saturated carbocycles. The third-order valence-corrected chi connectivity index (χ3v) is 6.50. The number of nitrogens with one attached hydrogen (secondary N) is 1. The summed E-state index contributed by atoms with van der Waals surface area (Å²) < 4.78 is 4.82. The number of benzene rings is 2. The number of amides is 1. The van der Waals surface area contributed by atoms with E-state index in [1.165, 1.54) is 18.2 Å². The number of fused-ring (bicyclic) bond motifs is 1. The summed E-state index contributed by atoms with van der Waals surface area (Å²) in [5.74, 6) is -0.0136. The third kappa shape index (κ3) is 6.20. The maximum absolute atomic E-state index is 12.8. The Morgan fingerprint density at radius 3 is 2.58 bits per heavy atom. The zero-order valence-electron chi connectivity index (χ0n) is 19.4. The Bertz CT molecular complexity index is 1010. The molecule has 7 nitrogen and oxygen atoms in total. The first-order valence-corrected chi connectivity index (χ1v) is 11.6. The number of piperazine rings is 1. The molecule has 1 atom stereocenters. The number of rotatable bonds is 6. The van der Waals surface area contributed by atoms with Gasteiger partial charge in [0.15, 0.2) is 0 Å². The molecule has 1 aliphatic carbocycles. The average Bonchev–Trinajstić information content (AvgIpc) is 2.83. The van der Waals surface area contributed by atoms with Crippen molar-refractivity contribution in [2.45, 2.75) is 25.7 Å². The van der Waals surface area contributed by atoms with Gasteiger partial charge in [0, 0.05) is 43.9 Å². The standard InChI is InChI=1S/C26H32N4O3/c1-29-11-13-30(14-12-29)27-18-19-3-7-22(8-4-19)26(32)28-24-10-9-21-6-5-20(15-23(21)17-24)16-25(31)33-2/h3-4,7-10,17-18,20H,5-6,11-16H2,1-2H3,(H,28,32)/b27-18+. The first kappa shape index (κ1) is 23.0. The summed E-state index contributed by atoms with van der Waals surface area (Å²) >= 11 is 0. The summed E-state index contributed by atoms with van der Waals surface area (Å²) in [6.45, 7) is 3.89. The van der Waals surface area contributed by atoms with Crippen LogP contribution in [0.25, 0.3) is 0 Å². The fourth-order valence-electron chi connectivity index (χ4n) is 4.39. The molecule has 1 unspecified atom stereocenters. The molecule has 4 rings (SSSR count). The highest BCUT2D eigenvalue weighted by atomic mass is 16.5. The van der Waals surface area contributed by atoms with E-state index in [0.717, 1.165) is 56.7 Å². The van der Waals surface area contributed by atoms with Crippen molar-refractivity contribution in [3.05, 3.63) is 64.7 Å². The molecule has 2 aliphatic rings. The number of aryl methyl sites for hydroxylation is 1. The normalized spacial score (nSPS) is 18.7. The Morgan fingerprint density at radius 2 is 1.85 bits per heavy atom. The van der Waals surface area contributed by atoms with Crippen LogP contribution in [0.15, 0.2) is 47.6 Å². The minimum Gasteiger partial charge on any atom is -0.469 e. The van der Waals surface area contributed by atoms with Crippen LogP contribution < -0.4 is 5.32 Å². The van der Waals surface area contributed by atoms with E-state index in [0.29, 0.717) is 12.0 Å². The van der Waals surface area contributed by atoms with Gasteiger partial charge in [-0.05, 0) is 73.2 Å². The lowest BCUT2D eigenvalue weighted by atomic mass is 9.82. The molecule has 0 radical (unpaired) electrons. The number of esters is 1. The fourth-order valence-corrected chi connectivity index (χ4v) is 4.39. The zero-order chi connectivity index (χ0) is 23.2. The number of carbonyl (C=O) groups is 2. The lowest BCUT2D eigenvalue weighted by Gasteiger charge is -2.30. The van der Waals surface area contributed by atoms with Crippen LogP contribution in [-0.2, 0) is 22.4 Å². The molecular weight excluding hydrogens is 416 g/mol. The molecule has 1 amide bonds. The van der Waals surface area contributed by atoms with Crippen molar-refractivity contribution in [1.29, 1.82) is 0 Å². The second kappa shape index (κ2) is 10.6. The van der Waals surface area contributed by atoms with Crippen molar-refractivity contribution in [1.82, 2.24) is 9.91 Å². The molecule has 1 aliphatic heterocycles. The quantitative estimate of drug-likeness (QED) is 0.543. The lowest BCUT2D eigenvalue weighted by molar-refractivity contribution is -0.141. The molecule has 0 aromatic heterocycles. The number of anilines is 1. The molecule has 174 valence electrons. The minimum atomic E-state index is -0.162. The van der Waals surface area contributed by atoms with Gasteiger partial charge in [0.05, 0.1) is 13.3 Å². The van der Waals surface area contributed by atoms with E-state index in [2.05, 4.69) is 33.4 Å². The Kier molecular flexibility index (Phi) is 7.40. The number of hydrogen-bond acceptors (Lipinski definition) is 6. The smallest absolute Gasteiger partial charge is 0.305 e. The van der Waals surface area contributed by atoms with Crippen molar-refractivity contribution in [2.75, 3.05) is 45.7 Å². The Balaban J connectivity index is 1.34. The SMILES string of the molecule is COC(=O)CC1CCc2ccc(NC(=O)c3ccc(/C=N/N4CCN(C)CC4)cc3)cc2C1. The number of nitrogens with zero attached hydrogens (tertiary/aromatic N) is 3. The number of likely N-dealkylation sites (N-methyl/N-ethyl adjacent to an activating group) is 1. The maximum atomic E-state index is 12.8. The largest absolute Gasteiger partial charge is 0.469 e. The summed E-state index contributed by atoms with van der Waals surface area (Å²) in [7, 11) is 3.55. The summed E-state index contributed by atoms with van der Waals surface area (Å²) in [4.78, 5) is 26.7. The Morgan fingerprint density at radius 1 is 1.09 bits per heavy atom. The highest BCUT2D eigenvalue weighted by molar-refractivity contribution is 6.04. The van der Waals surface area contributed by atoms with Gasteiger partial charge in [0.2, 0.25) is 0 Å². The Hall–Kier alpha value is -3.19. The predicted octanol–water partition coefficient (Wildman–Crippen LogP) is 3.19. The van der Waals surface area contributed by atoms with Crippen molar-refractivity contribution in [3.8, 4) is 0 Å². The molecule has 2 aromatic rings. The first-order valence-electron chi connectivity index (χ1n) is 11.6. The van der Waals surface area contributed by atoms with Crippen LogP contribution >= 0.6 is 0 Å². The number of hydrogen-bond donors (Lipinski definition) is 1. The van der Waals surface area contributed by atoms with Crippen molar-refractivity contribution >= 4 is 23.8 Å². The van der Waals surface area contributed by atoms with Crippen LogP contribution in [0.3, 0.4) is 0 Å². The number of carbonyl (C=O) groups excluding carboxylic acids is 2. The van der Waals surface area contributed by atoms with Crippen LogP contribution in [0.1, 0.15) is 39.9 Å². The van der Waals surface area contributed by atoms with Crippen molar-refractivity contribution in [3.63, 3.8) is 0 Å². The minimum absolute atomic E-state index is 0.139. The van der Waals surface area contributed by atoms with Gasteiger partial charge in [-0.15, -0.1) is 0 Å². The third-order valence-electron chi connectivity index (χ3n) is 6.50. The number of hydrazone groups is 1. The van der Waals surface area contributed by atoms with Crippen LogP contribution in [0.5, 0.6) is 0 Å². The topological polar surface area (TPSA) is 74.2 Å². The van der Waals surface area contributed by atoms with Gasteiger partial charge in [-0.25, -0.2) is 0 Å². The summed E-state index contributed by atoms with van der Waals surface area (Å²) in [5.41, 5.74) is 4.84. The van der Waals surface area contributed by atoms with Crippen LogP contribution in [0.4, 0.5) is 5.69 Å². The molecule has 1 saturated heterocycles. The van der Waals surface area contributed by atoms with E-state index < -0.39 is 0 Å². The van der Waals surface area contributed by atoms with E-state index >= 15 is 0 Å². The molecular formula is C26H32N4O3. The molecule has 33 heavy (non-hydrogen) atoms. The van der Waals surface area contributed by atoms with Crippen LogP contribution in [0.2, 0.25) is 0 Å². The van der Waals surface area contributed by atoms with Crippen LogP contribution in [0, 0.1) is 5.92 Å². The van der Waals surface area contributed by atoms with Gasteiger partial charge in [0.25, 0.3) is 5.91 Å². The zero-order valence-corrected chi connectivity index (χ0v) is 19.4. The summed E-state index contributed by atoms with van der Waals surface area (Å²) in [6.07, 6.45) is 5.05. The monoisotopic (exact) mass is 448 g/mol. The molecule has 1 fully saturated rings. The van der Waals surface area contributed by atoms with Gasteiger partial charge in [-0.1, -0.05) is 18.2 Å². The first-order chi connectivity index (χ1) is 16.0. The van der Waals surface area contributed by atoms with Crippen molar-refractivity contribution in [2.24, 2.45) is 11.0 Å². The molecule has 0 bridgehead atoms. The highest BCUT2D eigenvalue weighted by Crippen LogP contribution is 2.30. The maximum Gasteiger partial charge on any atom is 0.305 e. The second-order valence-electron chi connectivity index (χ2n) is 8.95. The van der Waals surface area contributed by atoms with Crippen molar-refractivity contribution < 1.29 is 14.3 Å². The van der Waals surface area contributed by atoms with E-state index in [9.17, 15) is 9.59 Å². The predicted molar refractivity (Wildman–Crippen MR) is 130 cm³/mol. The molecule has 1 N–H and O–H groups in total. The average molecular weight is 449 g/mol. The van der Waals surface area contributed by atoms with Crippen LogP contribution in [-0.4, -0.2) is 68.3 Å².